The van der Waals surface area contributed by atoms with E-state index in [9.17, 15) is 9.59 Å². The zero-order valence-electron chi connectivity index (χ0n) is 7.90. The SMILES string of the molecule is CC1=CC(=O)N(c2ncccc2Cl)C1=O. The molecule has 0 N–H and O–H groups in total. The molecule has 1 aromatic rings. The number of carbonyl (C=O) groups excluding carboxylic acids is 2. The maximum absolute atomic E-state index is 11.6. The molecule has 2 heterocycles. The highest BCUT2D eigenvalue weighted by molar-refractivity contribution is 6.37. The summed E-state index contributed by atoms with van der Waals surface area (Å²) in [7, 11) is 0. The van der Waals surface area contributed by atoms with Crippen molar-refractivity contribution >= 4 is 29.2 Å². The minimum atomic E-state index is -0.405. The number of nitrogens with zero attached hydrogens (tertiary/aromatic N) is 2. The lowest BCUT2D eigenvalue weighted by molar-refractivity contribution is -0.120. The first-order chi connectivity index (χ1) is 7.11. The van der Waals surface area contributed by atoms with Gasteiger partial charge < -0.3 is 0 Å². The number of hydrogen-bond donors (Lipinski definition) is 0. The Kier molecular flexibility index (Phi) is 2.28. The largest absolute Gasteiger partial charge is 0.269 e. The van der Waals surface area contributed by atoms with E-state index < -0.39 is 5.91 Å². The van der Waals surface area contributed by atoms with Crippen LogP contribution in [-0.2, 0) is 9.59 Å². The second kappa shape index (κ2) is 3.47. The van der Waals surface area contributed by atoms with Gasteiger partial charge in [-0.25, -0.2) is 9.88 Å². The molecule has 1 aliphatic rings. The van der Waals surface area contributed by atoms with Gasteiger partial charge in [-0.3, -0.25) is 9.59 Å². The monoisotopic (exact) mass is 222 g/mol. The molecule has 2 amide bonds. The fourth-order valence-corrected chi connectivity index (χ4v) is 1.54. The molecule has 0 bridgehead atoms. The lowest BCUT2D eigenvalue weighted by Gasteiger charge is -2.13. The predicted octanol–water partition coefficient (Wildman–Crippen LogP) is 1.55. The fourth-order valence-electron chi connectivity index (χ4n) is 1.33. The molecule has 1 aromatic heterocycles. The van der Waals surface area contributed by atoms with Crippen molar-refractivity contribution in [2.45, 2.75) is 6.92 Å². The van der Waals surface area contributed by atoms with E-state index in [1.165, 1.54) is 12.3 Å². The summed E-state index contributed by atoms with van der Waals surface area (Å²) in [4.78, 5) is 28.0. The second-order valence-corrected chi connectivity index (χ2v) is 3.52. The summed E-state index contributed by atoms with van der Waals surface area (Å²) in [6, 6.07) is 3.22. The maximum Gasteiger partial charge on any atom is 0.262 e. The number of pyridine rings is 1. The smallest absolute Gasteiger partial charge is 0.262 e. The van der Waals surface area contributed by atoms with Gasteiger partial charge in [-0.15, -0.1) is 0 Å². The van der Waals surface area contributed by atoms with Gasteiger partial charge in [0, 0.05) is 17.8 Å². The van der Waals surface area contributed by atoms with E-state index in [1.807, 2.05) is 0 Å². The van der Waals surface area contributed by atoms with Crippen LogP contribution in [0.4, 0.5) is 5.82 Å². The molecule has 0 aromatic carbocycles. The van der Waals surface area contributed by atoms with E-state index in [2.05, 4.69) is 4.98 Å². The predicted molar refractivity (Wildman–Crippen MR) is 55.5 cm³/mol. The van der Waals surface area contributed by atoms with Gasteiger partial charge in [-0.1, -0.05) is 11.6 Å². The van der Waals surface area contributed by atoms with Crippen molar-refractivity contribution in [3.8, 4) is 0 Å². The molecule has 2 rings (SSSR count). The third kappa shape index (κ3) is 1.53. The van der Waals surface area contributed by atoms with Gasteiger partial charge in [-0.2, -0.15) is 0 Å². The number of rotatable bonds is 1. The molecule has 0 saturated heterocycles. The Balaban J connectivity index is 2.47. The van der Waals surface area contributed by atoms with Crippen LogP contribution in [0.1, 0.15) is 6.92 Å². The van der Waals surface area contributed by atoms with Crippen LogP contribution in [0, 0.1) is 0 Å². The average Bonchev–Trinajstić information content (AvgIpc) is 2.43. The number of anilines is 1. The number of halogens is 1. The van der Waals surface area contributed by atoms with Gasteiger partial charge >= 0.3 is 0 Å². The van der Waals surface area contributed by atoms with Gasteiger partial charge in [0.25, 0.3) is 11.8 Å². The zero-order valence-corrected chi connectivity index (χ0v) is 8.65. The van der Waals surface area contributed by atoms with E-state index in [-0.39, 0.29) is 16.7 Å². The topological polar surface area (TPSA) is 50.3 Å². The highest BCUT2D eigenvalue weighted by Crippen LogP contribution is 2.26. The number of hydrogen-bond acceptors (Lipinski definition) is 3. The molecular weight excluding hydrogens is 216 g/mol. The van der Waals surface area contributed by atoms with Crippen LogP contribution in [0.5, 0.6) is 0 Å². The van der Waals surface area contributed by atoms with E-state index in [1.54, 1.807) is 19.1 Å². The Labute approximate surface area is 91.2 Å². The highest BCUT2D eigenvalue weighted by Gasteiger charge is 2.31. The van der Waals surface area contributed by atoms with Gasteiger partial charge in [0.1, 0.15) is 0 Å². The van der Waals surface area contributed by atoms with Crippen molar-refractivity contribution in [1.29, 1.82) is 0 Å². The first kappa shape index (κ1) is 9.86. The van der Waals surface area contributed by atoms with Crippen LogP contribution in [-0.4, -0.2) is 16.8 Å². The third-order valence-electron chi connectivity index (χ3n) is 2.05. The van der Waals surface area contributed by atoms with E-state index in [4.69, 9.17) is 11.6 Å². The van der Waals surface area contributed by atoms with Crippen molar-refractivity contribution < 1.29 is 9.59 Å². The molecule has 1 aliphatic heterocycles. The molecular formula is C10H7ClN2O2. The van der Waals surface area contributed by atoms with Crippen LogP contribution < -0.4 is 4.90 Å². The third-order valence-corrected chi connectivity index (χ3v) is 2.35. The van der Waals surface area contributed by atoms with Crippen LogP contribution in [0.25, 0.3) is 0 Å². The van der Waals surface area contributed by atoms with Gasteiger partial charge in [-0.05, 0) is 19.1 Å². The lowest BCUT2D eigenvalue weighted by Crippen LogP contribution is -2.31. The number of imide groups is 1. The van der Waals surface area contributed by atoms with E-state index >= 15 is 0 Å². The Morgan fingerprint density at radius 2 is 2.13 bits per heavy atom. The van der Waals surface area contributed by atoms with Crippen molar-refractivity contribution in [3.05, 3.63) is 35.0 Å². The van der Waals surface area contributed by atoms with Crippen molar-refractivity contribution in [1.82, 2.24) is 4.98 Å². The molecule has 0 unspecified atom stereocenters. The number of aromatic nitrogens is 1. The normalized spacial score (nSPS) is 15.9. The zero-order chi connectivity index (χ0) is 11.0. The Morgan fingerprint density at radius 1 is 1.40 bits per heavy atom. The minimum absolute atomic E-state index is 0.183. The van der Waals surface area contributed by atoms with Crippen LogP contribution >= 0.6 is 11.6 Å². The van der Waals surface area contributed by atoms with Crippen LogP contribution in [0.3, 0.4) is 0 Å². The summed E-state index contributed by atoms with van der Waals surface area (Å²) in [6.07, 6.45) is 2.75. The summed E-state index contributed by atoms with van der Waals surface area (Å²) < 4.78 is 0. The molecule has 4 nitrogen and oxygen atoms in total. The average molecular weight is 223 g/mol. The second-order valence-electron chi connectivity index (χ2n) is 3.11. The van der Waals surface area contributed by atoms with Crippen LogP contribution in [0.2, 0.25) is 5.02 Å². The summed E-state index contributed by atoms with van der Waals surface area (Å²) in [5.74, 6) is -0.596. The van der Waals surface area contributed by atoms with E-state index in [0.29, 0.717) is 5.57 Å². The molecule has 0 fully saturated rings. The molecule has 0 aliphatic carbocycles. The summed E-state index contributed by atoms with van der Waals surface area (Å²) >= 11 is 5.85. The number of amides is 2. The Hall–Kier alpha value is -1.68. The molecule has 0 saturated carbocycles. The van der Waals surface area contributed by atoms with Gasteiger partial charge in [0.05, 0.1) is 5.02 Å². The molecule has 5 heteroatoms. The maximum atomic E-state index is 11.6. The minimum Gasteiger partial charge on any atom is -0.269 e. The number of carbonyl (C=O) groups is 2. The van der Waals surface area contributed by atoms with Crippen molar-refractivity contribution in [3.63, 3.8) is 0 Å². The molecule has 0 spiro atoms. The molecule has 15 heavy (non-hydrogen) atoms. The molecule has 0 radical (unpaired) electrons. The van der Waals surface area contributed by atoms with Gasteiger partial charge in [0.2, 0.25) is 0 Å². The van der Waals surface area contributed by atoms with Crippen molar-refractivity contribution in [2.75, 3.05) is 4.90 Å². The lowest BCUT2D eigenvalue weighted by atomic mass is 10.3. The van der Waals surface area contributed by atoms with E-state index in [0.717, 1.165) is 4.90 Å². The highest BCUT2D eigenvalue weighted by atomic mass is 35.5. The quantitative estimate of drug-likeness (QED) is 0.678. The van der Waals surface area contributed by atoms with Crippen molar-refractivity contribution in [2.24, 2.45) is 0 Å². The fraction of sp³-hybridized carbons (Fsp3) is 0.100. The molecule has 76 valence electrons. The van der Waals surface area contributed by atoms with Gasteiger partial charge in [0.15, 0.2) is 5.82 Å². The summed E-state index contributed by atoms with van der Waals surface area (Å²) in [6.45, 7) is 1.58. The first-order valence-corrected chi connectivity index (χ1v) is 4.66. The summed E-state index contributed by atoms with van der Waals surface area (Å²) in [5.41, 5.74) is 0.390. The Bertz CT molecular complexity index is 482. The first-order valence-electron chi connectivity index (χ1n) is 4.28. The standard InChI is InChI=1S/C10H7ClN2O2/c1-6-5-8(14)13(10(6)15)9-7(11)3-2-4-12-9/h2-5H,1H3. The van der Waals surface area contributed by atoms with Crippen LogP contribution in [0.15, 0.2) is 30.0 Å². The Morgan fingerprint density at radius 3 is 2.67 bits per heavy atom. The molecule has 0 atom stereocenters. The summed E-state index contributed by atoms with van der Waals surface area (Å²) in [5, 5.41) is 0.280.